The SMILES string of the molecule is CNC(=O)CCN1CCc2cc(C(C)=O)ccc21. The predicted molar refractivity (Wildman–Crippen MR) is 71.0 cm³/mol. The highest BCUT2D eigenvalue weighted by molar-refractivity contribution is 5.95. The van der Waals surface area contributed by atoms with Crippen LogP contribution < -0.4 is 10.2 Å². The molecule has 1 amide bonds. The predicted octanol–water partition coefficient (Wildman–Crippen LogP) is 1.39. The Labute approximate surface area is 107 Å². The summed E-state index contributed by atoms with van der Waals surface area (Å²) >= 11 is 0. The number of fused-ring (bicyclic) bond motifs is 1. The van der Waals surface area contributed by atoms with E-state index in [9.17, 15) is 9.59 Å². The number of carbonyl (C=O) groups is 2. The standard InChI is InChI=1S/C14H18N2O2/c1-10(17)11-3-4-13-12(9-11)5-7-16(13)8-6-14(18)15-2/h3-4,9H,5-8H2,1-2H3,(H,15,18). The molecule has 4 nitrogen and oxygen atoms in total. The van der Waals surface area contributed by atoms with E-state index < -0.39 is 0 Å². The van der Waals surface area contributed by atoms with Crippen LogP contribution in [0.4, 0.5) is 5.69 Å². The molecule has 1 N–H and O–H groups in total. The van der Waals surface area contributed by atoms with Gasteiger partial charge in [-0.05, 0) is 37.1 Å². The molecule has 1 aromatic carbocycles. The molecule has 18 heavy (non-hydrogen) atoms. The molecule has 0 saturated heterocycles. The Morgan fingerprint density at radius 1 is 1.39 bits per heavy atom. The highest BCUT2D eigenvalue weighted by atomic mass is 16.1. The summed E-state index contributed by atoms with van der Waals surface area (Å²) in [4.78, 5) is 24.8. The van der Waals surface area contributed by atoms with Crippen molar-refractivity contribution >= 4 is 17.4 Å². The summed E-state index contributed by atoms with van der Waals surface area (Å²) in [5, 5.41) is 2.63. The second-order valence-electron chi connectivity index (χ2n) is 4.56. The van der Waals surface area contributed by atoms with Gasteiger partial charge in [0.1, 0.15) is 0 Å². The van der Waals surface area contributed by atoms with Crippen LogP contribution in [-0.2, 0) is 11.2 Å². The van der Waals surface area contributed by atoms with Crippen LogP contribution in [0.5, 0.6) is 0 Å². The number of hydrogen-bond acceptors (Lipinski definition) is 3. The van der Waals surface area contributed by atoms with Crippen LogP contribution in [0.3, 0.4) is 0 Å². The summed E-state index contributed by atoms with van der Waals surface area (Å²) in [6.07, 6.45) is 1.45. The van der Waals surface area contributed by atoms with Gasteiger partial charge in [0.15, 0.2) is 5.78 Å². The van der Waals surface area contributed by atoms with Crippen molar-refractivity contribution in [2.75, 3.05) is 25.0 Å². The van der Waals surface area contributed by atoms with E-state index >= 15 is 0 Å². The van der Waals surface area contributed by atoms with Gasteiger partial charge in [0.2, 0.25) is 5.91 Å². The Balaban J connectivity index is 2.09. The first-order chi connectivity index (χ1) is 8.61. The van der Waals surface area contributed by atoms with Crippen molar-refractivity contribution in [1.29, 1.82) is 0 Å². The van der Waals surface area contributed by atoms with Crippen LogP contribution in [0.1, 0.15) is 29.3 Å². The number of hydrogen-bond donors (Lipinski definition) is 1. The summed E-state index contributed by atoms with van der Waals surface area (Å²) in [6, 6.07) is 5.82. The number of benzene rings is 1. The van der Waals surface area contributed by atoms with Gasteiger partial charge in [-0.15, -0.1) is 0 Å². The van der Waals surface area contributed by atoms with Crippen molar-refractivity contribution in [1.82, 2.24) is 5.32 Å². The zero-order chi connectivity index (χ0) is 13.1. The highest BCUT2D eigenvalue weighted by Gasteiger charge is 2.20. The molecule has 0 spiro atoms. The van der Waals surface area contributed by atoms with Gasteiger partial charge in [0.25, 0.3) is 0 Å². The van der Waals surface area contributed by atoms with E-state index in [0.717, 1.165) is 30.8 Å². The molecule has 4 heteroatoms. The molecule has 0 saturated carbocycles. The Bertz CT molecular complexity index is 483. The topological polar surface area (TPSA) is 49.4 Å². The van der Waals surface area contributed by atoms with E-state index in [-0.39, 0.29) is 11.7 Å². The first-order valence-corrected chi connectivity index (χ1v) is 6.21. The van der Waals surface area contributed by atoms with Crippen molar-refractivity contribution in [3.8, 4) is 0 Å². The Morgan fingerprint density at radius 2 is 2.17 bits per heavy atom. The molecule has 1 heterocycles. The van der Waals surface area contributed by atoms with E-state index in [1.807, 2.05) is 18.2 Å². The number of ketones is 1. The van der Waals surface area contributed by atoms with Gasteiger partial charge < -0.3 is 10.2 Å². The molecule has 0 aliphatic carbocycles. The molecule has 0 atom stereocenters. The number of amides is 1. The van der Waals surface area contributed by atoms with Crippen molar-refractivity contribution in [3.05, 3.63) is 29.3 Å². The lowest BCUT2D eigenvalue weighted by Gasteiger charge is -2.18. The summed E-state index contributed by atoms with van der Waals surface area (Å²) in [7, 11) is 1.65. The van der Waals surface area contributed by atoms with Crippen LogP contribution in [0.2, 0.25) is 0 Å². The van der Waals surface area contributed by atoms with Gasteiger partial charge >= 0.3 is 0 Å². The van der Waals surface area contributed by atoms with E-state index in [4.69, 9.17) is 0 Å². The second-order valence-corrected chi connectivity index (χ2v) is 4.56. The fraction of sp³-hybridized carbons (Fsp3) is 0.429. The largest absolute Gasteiger partial charge is 0.370 e. The number of nitrogens with one attached hydrogen (secondary N) is 1. The number of Topliss-reactive ketones (excluding diaryl/α,β-unsaturated/α-hetero) is 1. The van der Waals surface area contributed by atoms with Crippen molar-refractivity contribution in [3.63, 3.8) is 0 Å². The van der Waals surface area contributed by atoms with Crippen LogP contribution in [0.25, 0.3) is 0 Å². The molecular formula is C14H18N2O2. The number of carbonyl (C=O) groups excluding carboxylic acids is 2. The molecule has 0 radical (unpaired) electrons. The highest BCUT2D eigenvalue weighted by Crippen LogP contribution is 2.28. The molecule has 0 bridgehead atoms. The van der Waals surface area contributed by atoms with Crippen molar-refractivity contribution < 1.29 is 9.59 Å². The third-order valence-electron chi connectivity index (χ3n) is 3.37. The fourth-order valence-corrected chi connectivity index (χ4v) is 2.28. The van der Waals surface area contributed by atoms with Gasteiger partial charge in [0, 0.05) is 37.8 Å². The Kier molecular flexibility index (Phi) is 3.65. The van der Waals surface area contributed by atoms with Crippen LogP contribution in [-0.4, -0.2) is 31.8 Å². The molecular weight excluding hydrogens is 228 g/mol. The number of anilines is 1. The van der Waals surface area contributed by atoms with Crippen LogP contribution >= 0.6 is 0 Å². The third-order valence-corrected chi connectivity index (χ3v) is 3.37. The maximum atomic E-state index is 11.3. The second kappa shape index (κ2) is 5.21. The van der Waals surface area contributed by atoms with Gasteiger partial charge in [-0.2, -0.15) is 0 Å². The minimum absolute atomic E-state index is 0.0591. The quantitative estimate of drug-likeness (QED) is 0.817. The van der Waals surface area contributed by atoms with Gasteiger partial charge in [-0.3, -0.25) is 9.59 Å². The monoisotopic (exact) mass is 246 g/mol. The summed E-state index contributed by atoms with van der Waals surface area (Å²) in [5.41, 5.74) is 3.13. The first kappa shape index (κ1) is 12.6. The number of rotatable bonds is 4. The molecule has 1 aliphatic heterocycles. The maximum Gasteiger partial charge on any atom is 0.221 e. The van der Waals surface area contributed by atoms with E-state index in [2.05, 4.69) is 10.2 Å². The van der Waals surface area contributed by atoms with E-state index in [1.165, 1.54) is 5.56 Å². The van der Waals surface area contributed by atoms with Gasteiger partial charge in [-0.1, -0.05) is 0 Å². The van der Waals surface area contributed by atoms with Crippen LogP contribution in [0.15, 0.2) is 18.2 Å². The van der Waals surface area contributed by atoms with E-state index in [0.29, 0.717) is 6.42 Å². The average molecular weight is 246 g/mol. The molecule has 2 rings (SSSR count). The summed E-state index contributed by atoms with van der Waals surface area (Å²) in [6.45, 7) is 3.24. The lowest BCUT2D eigenvalue weighted by atomic mass is 10.1. The molecule has 1 aliphatic rings. The summed E-state index contributed by atoms with van der Waals surface area (Å²) in [5.74, 6) is 0.158. The Hall–Kier alpha value is -1.84. The van der Waals surface area contributed by atoms with Crippen molar-refractivity contribution in [2.24, 2.45) is 0 Å². The average Bonchev–Trinajstić information content (AvgIpc) is 2.78. The van der Waals surface area contributed by atoms with Crippen LogP contribution in [0, 0.1) is 0 Å². The smallest absolute Gasteiger partial charge is 0.221 e. The van der Waals surface area contributed by atoms with Gasteiger partial charge in [-0.25, -0.2) is 0 Å². The lowest BCUT2D eigenvalue weighted by molar-refractivity contribution is -0.120. The summed E-state index contributed by atoms with van der Waals surface area (Å²) < 4.78 is 0. The number of nitrogens with zero attached hydrogens (tertiary/aromatic N) is 1. The molecule has 0 unspecified atom stereocenters. The zero-order valence-electron chi connectivity index (χ0n) is 10.8. The van der Waals surface area contributed by atoms with Gasteiger partial charge in [0.05, 0.1) is 0 Å². The molecule has 96 valence electrons. The first-order valence-electron chi connectivity index (χ1n) is 6.21. The minimum Gasteiger partial charge on any atom is -0.370 e. The zero-order valence-corrected chi connectivity index (χ0v) is 10.8. The molecule has 0 fully saturated rings. The van der Waals surface area contributed by atoms with E-state index in [1.54, 1.807) is 14.0 Å². The molecule has 1 aromatic rings. The maximum absolute atomic E-state index is 11.3. The molecule has 0 aromatic heterocycles. The third kappa shape index (κ3) is 2.53. The van der Waals surface area contributed by atoms with Crippen molar-refractivity contribution in [2.45, 2.75) is 19.8 Å². The minimum atomic E-state index is 0.0591. The Morgan fingerprint density at radius 3 is 2.83 bits per heavy atom. The normalized spacial score (nSPS) is 13.3. The fourth-order valence-electron chi connectivity index (χ4n) is 2.28. The lowest BCUT2D eigenvalue weighted by Crippen LogP contribution is -2.27.